The van der Waals surface area contributed by atoms with E-state index in [1.165, 1.54) is 5.56 Å². The highest BCUT2D eigenvalue weighted by molar-refractivity contribution is 7.11. The Hall–Kier alpha value is -1.92. The number of hydrogen-bond acceptors (Lipinski definition) is 5. The lowest BCUT2D eigenvalue weighted by atomic mass is 9.88. The number of benzene rings is 1. The number of rotatable bonds is 8. The third-order valence-electron chi connectivity index (χ3n) is 4.93. The number of likely N-dealkylation sites (N-methyl/N-ethyl adjacent to an activating group) is 1. The third kappa shape index (κ3) is 5.29. The first-order valence-electron chi connectivity index (χ1n) is 8.83. The second-order valence-electron chi connectivity index (χ2n) is 7.26. The van der Waals surface area contributed by atoms with Crippen LogP contribution in [-0.2, 0) is 17.6 Å². The van der Waals surface area contributed by atoms with Crippen LogP contribution in [0, 0.1) is 26.7 Å². The van der Waals surface area contributed by atoms with Crippen molar-refractivity contribution in [2.45, 2.75) is 46.1 Å². The first-order valence-corrected chi connectivity index (χ1v) is 9.65. The van der Waals surface area contributed by atoms with Crippen LogP contribution < -0.4 is 5.73 Å². The molecular formula is C20H29N3O2S. The van der Waals surface area contributed by atoms with Crippen molar-refractivity contribution in [1.29, 1.82) is 0 Å². The quantitative estimate of drug-likeness (QED) is 0.743. The van der Waals surface area contributed by atoms with Crippen molar-refractivity contribution in [1.82, 2.24) is 9.88 Å². The van der Waals surface area contributed by atoms with Gasteiger partial charge in [-0.05, 0) is 83.0 Å². The van der Waals surface area contributed by atoms with Crippen LogP contribution in [-0.4, -0.2) is 41.0 Å². The molecule has 0 aliphatic rings. The van der Waals surface area contributed by atoms with Gasteiger partial charge in [-0.3, -0.25) is 4.79 Å². The lowest BCUT2D eigenvalue weighted by molar-refractivity contribution is -0.122. The van der Waals surface area contributed by atoms with E-state index in [-0.39, 0.29) is 17.9 Å². The number of nitrogens with zero attached hydrogens (tertiary/aromatic N) is 2. The van der Waals surface area contributed by atoms with Gasteiger partial charge in [0.25, 0.3) is 0 Å². The van der Waals surface area contributed by atoms with E-state index in [0.717, 1.165) is 27.4 Å². The molecule has 26 heavy (non-hydrogen) atoms. The molecule has 0 radical (unpaired) electrons. The van der Waals surface area contributed by atoms with Crippen LogP contribution in [0.3, 0.4) is 0 Å². The largest absolute Gasteiger partial charge is 0.508 e. The van der Waals surface area contributed by atoms with Crippen LogP contribution in [0.1, 0.15) is 33.0 Å². The van der Waals surface area contributed by atoms with E-state index >= 15 is 0 Å². The van der Waals surface area contributed by atoms with Crippen molar-refractivity contribution < 1.29 is 9.90 Å². The highest BCUT2D eigenvalue weighted by Gasteiger charge is 2.25. The molecule has 5 nitrogen and oxygen atoms in total. The van der Waals surface area contributed by atoms with E-state index in [1.807, 2.05) is 41.1 Å². The van der Waals surface area contributed by atoms with E-state index in [0.29, 0.717) is 18.6 Å². The number of amides is 1. The Kier molecular flexibility index (Phi) is 6.78. The number of carbonyl (C=O) groups excluding carboxylic acids is 1. The molecule has 2 aromatic rings. The van der Waals surface area contributed by atoms with Crippen LogP contribution in [0.2, 0.25) is 0 Å². The standard InChI is InChI=1S/C20H29N3O2S/c1-12-6-17(24)7-13(2)19(12)10-16(23(4)5)8-15(20(21)25)9-18-11-22-14(3)26-18/h6-7,11,15-16,24H,8-10H2,1-5H3,(H2,21,25)/t15?,16-/m0/s1. The fraction of sp³-hybridized carbons (Fsp3) is 0.500. The molecule has 2 rings (SSSR count). The molecule has 6 heteroatoms. The summed E-state index contributed by atoms with van der Waals surface area (Å²) in [6.45, 7) is 5.99. The zero-order valence-electron chi connectivity index (χ0n) is 16.2. The monoisotopic (exact) mass is 375 g/mol. The predicted molar refractivity (Wildman–Crippen MR) is 107 cm³/mol. The highest BCUT2D eigenvalue weighted by atomic mass is 32.1. The van der Waals surface area contributed by atoms with Gasteiger partial charge in [-0.1, -0.05) is 0 Å². The molecule has 0 bridgehead atoms. The molecule has 1 aromatic heterocycles. The number of carbonyl (C=O) groups is 1. The zero-order chi connectivity index (χ0) is 19.4. The molecular weight excluding hydrogens is 346 g/mol. The van der Waals surface area contributed by atoms with Crippen molar-refractivity contribution in [3.63, 3.8) is 0 Å². The number of aromatic hydroxyl groups is 1. The molecule has 0 spiro atoms. The number of hydrogen-bond donors (Lipinski definition) is 2. The van der Waals surface area contributed by atoms with Gasteiger partial charge in [-0.15, -0.1) is 11.3 Å². The predicted octanol–water partition coefficient (Wildman–Crippen LogP) is 2.98. The van der Waals surface area contributed by atoms with Crippen LogP contribution in [0.15, 0.2) is 18.3 Å². The van der Waals surface area contributed by atoms with Crippen molar-refractivity contribution in [3.8, 4) is 5.75 Å². The number of phenols is 1. The molecule has 0 fully saturated rings. The summed E-state index contributed by atoms with van der Waals surface area (Å²) in [6, 6.07) is 3.77. The van der Waals surface area contributed by atoms with E-state index in [1.54, 1.807) is 23.5 Å². The summed E-state index contributed by atoms with van der Waals surface area (Å²) < 4.78 is 0. The number of aromatic nitrogens is 1. The Morgan fingerprint density at radius 2 is 1.85 bits per heavy atom. The molecule has 1 aromatic carbocycles. The first kappa shape index (κ1) is 20.4. The molecule has 0 saturated heterocycles. The minimum atomic E-state index is -0.262. The van der Waals surface area contributed by atoms with Gasteiger partial charge >= 0.3 is 0 Å². The Morgan fingerprint density at radius 3 is 2.31 bits per heavy atom. The summed E-state index contributed by atoms with van der Waals surface area (Å²) in [6.07, 6.45) is 3.99. The van der Waals surface area contributed by atoms with Gasteiger partial charge in [0, 0.05) is 23.0 Å². The van der Waals surface area contributed by atoms with Crippen molar-refractivity contribution in [2.75, 3.05) is 14.1 Å². The van der Waals surface area contributed by atoms with Crippen LogP contribution in [0.4, 0.5) is 0 Å². The maximum Gasteiger partial charge on any atom is 0.220 e. The van der Waals surface area contributed by atoms with Gasteiger partial charge < -0.3 is 15.7 Å². The number of phenolic OH excluding ortho intramolecular Hbond substituents is 1. The third-order valence-corrected chi connectivity index (χ3v) is 5.86. The second kappa shape index (κ2) is 8.64. The van der Waals surface area contributed by atoms with Crippen LogP contribution in [0.5, 0.6) is 5.75 Å². The average molecular weight is 376 g/mol. The summed E-state index contributed by atoms with van der Waals surface area (Å²) >= 11 is 1.62. The molecule has 1 amide bonds. The Labute approximate surface area is 159 Å². The summed E-state index contributed by atoms with van der Waals surface area (Å²) in [5, 5.41) is 10.8. The van der Waals surface area contributed by atoms with Crippen molar-refractivity contribution in [3.05, 3.63) is 44.9 Å². The summed E-state index contributed by atoms with van der Waals surface area (Å²) in [4.78, 5) is 19.6. The van der Waals surface area contributed by atoms with Gasteiger partial charge in [0.05, 0.1) is 5.01 Å². The number of aryl methyl sites for hydroxylation is 3. The zero-order valence-corrected chi connectivity index (χ0v) is 17.1. The van der Waals surface area contributed by atoms with Gasteiger partial charge in [0.1, 0.15) is 5.75 Å². The molecule has 2 atom stereocenters. The smallest absolute Gasteiger partial charge is 0.220 e. The molecule has 1 heterocycles. The maximum absolute atomic E-state index is 12.1. The van der Waals surface area contributed by atoms with Gasteiger partial charge in [-0.2, -0.15) is 0 Å². The Morgan fingerprint density at radius 1 is 1.23 bits per heavy atom. The second-order valence-corrected chi connectivity index (χ2v) is 8.58. The number of thiazole rings is 1. The highest BCUT2D eigenvalue weighted by Crippen LogP contribution is 2.26. The van der Waals surface area contributed by atoms with E-state index in [2.05, 4.69) is 9.88 Å². The van der Waals surface area contributed by atoms with E-state index in [4.69, 9.17) is 5.73 Å². The fourth-order valence-electron chi connectivity index (χ4n) is 3.38. The normalized spacial score (nSPS) is 13.8. The SMILES string of the molecule is Cc1ncc(CC(C[C@@H](Cc2c(C)cc(O)cc2C)N(C)C)C(N)=O)s1. The Balaban J connectivity index is 2.19. The van der Waals surface area contributed by atoms with E-state index in [9.17, 15) is 9.90 Å². The molecule has 0 saturated carbocycles. The Bertz CT molecular complexity index is 747. The van der Waals surface area contributed by atoms with Crippen molar-refractivity contribution >= 4 is 17.2 Å². The number of primary amides is 1. The molecule has 0 aliphatic carbocycles. The van der Waals surface area contributed by atoms with E-state index < -0.39 is 0 Å². The summed E-state index contributed by atoms with van der Waals surface area (Å²) in [5.41, 5.74) is 9.07. The van der Waals surface area contributed by atoms with Gasteiger partial charge in [0.15, 0.2) is 0 Å². The topological polar surface area (TPSA) is 79.5 Å². The lowest BCUT2D eigenvalue weighted by Crippen LogP contribution is -2.37. The van der Waals surface area contributed by atoms with Crippen molar-refractivity contribution in [2.24, 2.45) is 11.7 Å². The average Bonchev–Trinajstić information content (AvgIpc) is 2.93. The maximum atomic E-state index is 12.1. The fourth-order valence-corrected chi connectivity index (χ4v) is 4.25. The van der Waals surface area contributed by atoms with Gasteiger partial charge in [-0.25, -0.2) is 4.98 Å². The molecule has 3 N–H and O–H groups in total. The molecule has 1 unspecified atom stereocenters. The lowest BCUT2D eigenvalue weighted by Gasteiger charge is -2.28. The summed E-state index contributed by atoms with van der Waals surface area (Å²) in [5.74, 6) is -0.192. The first-order chi connectivity index (χ1) is 12.2. The van der Waals surface area contributed by atoms with Crippen LogP contribution in [0.25, 0.3) is 0 Å². The van der Waals surface area contributed by atoms with Crippen LogP contribution >= 0.6 is 11.3 Å². The van der Waals surface area contributed by atoms with Gasteiger partial charge in [0.2, 0.25) is 5.91 Å². The molecule has 0 aliphatic heterocycles. The summed E-state index contributed by atoms with van der Waals surface area (Å²) in [7, 11) is 4.06. The minimum absolute atomic E-state index is 0.184. The number of nitrogens with two attached hydrogens (primary N) is 1. The molecule has 142 valence electrons. The minimum Gasteiger partial charge on any atom is -0.508 e.